The summed E-state index contributed by atoms with van der Waals surface area (Å²) in [6.07, 6.45) is 0.532. The number of aryl methyl sites for hydroxylation is 1. The van der Waals surface area contributed by atoms with E-state index in [9.17, 15) is 9.59 Å². The van der Waals surface area contributed by atoms with Crippen molar-refractivity contribution in [1.82, 2.24) is 18.7 Å². The average Bonchev–Trinajstić information content (AvgIpc) is 3.20. The van der Waals surface area contributed by atoms with Gasteiger partial charge in [0, 0.05) is 30.2 Å². The van der Waals surface area contributed by atoms with Gasteiger partial charge in [0.1, 0.15) is 5.75 Å². The van der Waals surface area contributed by atoms with E-state index in [1.165, 1.54) is 9.13 Å². The lowest BCUT2D eigenvalue weighted by molar-refractivity contribution is 0.273. The molecule has 0 bridgehead atoms. The van der Waals surface area contributed by atoms with Crippen LogP contribution in [0.4, 0.5) is 0 Å². The zero-order chi connectivity index (χ0) is 28.5. The summed E-state index contributed by atoms with van der Waals surface area (Å²) in [5.74, 6) is 0.461. The number of imidazole rings is 1. The van der Waals surface area contributed by atoms with Crippen LogP contribution in [0.1, 0.15) is 32.8 Å². The highest BCUT2D eigenvalue weighted by molar-refractivity contribution is 6.74. The number of rotatable bonds is 9. The van der Waals surface area contributed by atoms with Crippen molar-refractivity contribution in [3.05, 3.63) is 85.0 Å². The lowest BCUT2D eigenvalue weighted by atomic mass is 10.2. The van der Waals surface area contributed by atoms with Gasteiger partial charge in [0.15, 0.2) is 19.5 Å². The Hall–Kier alpha value is -2.85. The van der Waals surface area contributed by atoms with Gasteiger partial charge in [-0.1, -0.05) is 62.2 Å². The van der Waals surface area contributed by atoms with Crippen LogP contribution in [0.5, 0.6) is 11.8 Å². The highest BCUT2D eigenvalue weighted by Gasteiger charge is 2.36. The van der Waals surface area contributed by atoms with Crippen molar-refractivity contribution in [3.63, 3.8) is 0 Å². The fourth-order valence-corrected chi connectivity index (χ4v) is 5.34. The second-order valence-electron chi connectivity index (χ2n) is 11.1. The van der Waals surface area contributed by atoms with Crippen LogP contribution in [-0.4, -0.2) is 33.6 Å². The molecule has 0 N–H and O–H groups in total. The molecule has 4 aromatic rings. The summed E-state index contributed by atoms with van der Waals surface area (Å²) in [6.45, 7) is 11.9. The van der Waals surface area contributed by atoms with Crippen LogP contribution >= 0.6 is 23.2 Å². The quantitative estimate of drug-likeness (QED) is 0.166. The molecule has 0 unspecified atom stereocenters. The molecule has 0 spiro atoms. The number of halogens is 2. The number of fused-ring (bicyclic) bond motifs is 1. The molecule has 0 amide bonds. The monoisotopic (exact) mass is 588 g/mol. The molecular formula is C28H34Cl2N4O4Si. The van der Waals surface area contributed by atoms with Crippen LogP contribution in [0.2, 0.25) is 28.2 Å². The molecule has 208 valence electrons. The highest BCUT2D eigenvalue weighted by Crippen LogP contribution is 2.36. The summed E-state index contributed by atoms with van der Waals surface area (Å²) in [5, 5.41) is 1.18. The number of nitrogens with zero attached hydrogens (tertiary/aromatic N) is 4. The van der Waals surface area contributed by atoms with Gasteiger partial charge >= 0.3 is 11.7 Å². The maximum Gasteiger partial charge on any atom is 0.332 e. The third-order valence-corrected chi connectivity index (χ3v) is 12.3. The molecule has 11 heteroatoms. The first-order valence-electron chi connectivity index (χ1n) is 12.8. The molecule has 0 saturated carbocycles. The van der Waals surface area contributed by atoms with Crippen molar-refractivity contribution >= 4 is 42.7 Å². The lowest BCUT2D eigenvalue weighted by Gasteiger charge is -2.36. The van der Waals surface area contributed by atoms with Crippen molar-refractivity contribution in [2.45, 2.75) is 58.4 Å². The summed E-state index contributed by atoms with van der Waals surface area (Å²) in [6, 6.07) is 14.4. The van der Waals surface area contributed by atoms with Gasteiger partial charge < -0.3 is 9.16 Å². The lowest BCUT2D eigenvalue weighted by Crippen LogP contribution is -2.42. The van der Waals surface area contributed by atoms with Gasteiger partial charge in [-0.2, -0.15) is 4.98 Å². The van der Waals surface area contributed by atoms with Gasteiger partial charge in [0.2, 0.25) is 0 Å². The first-order chi connectivity index (χ1) is 18.3. The molecule has 2 aromatic heterocycles. The number of hydrogen-bond donors (Lipinski definition) is 0. The van der Waals surface area contributed by atoms with Gasteiger partial charge in [0.25, 0.3) is 5.56 Å². The topological polar surface area (TPSA) is 80.3 Å². The Morgan fingerprint density at radius 1 is 0.974 bits per heavy atom. The van der Waals surface area contributed by atoms with Crippen molar-refractivity contribution in [2.75, 3.05) is 6.61 Å². The Balaban J connectivity index is 1.75. The predicted octanol–water partition coefficient (Wildman–Crippen LogP) is 6.46. The van der Waals surface area contributed by atoms with E-state index in [0.29, 0.717) is 28.8 Å². The fourth-order valence-electron chi connectivity index (χ4n) is 3.95. The Bertz CT molecular complexity index is 1600. The second kappa shape index (κ2) is 11.3. The van der Waals surface area contributed by atoms with Crippen LogP contribution in [0, 0.1) is 0 Å². The largest absolute Gasteiger partial charge is 0.425 e. The smallest absolute Gasteiger partial charge is 0.332 e. The number of aromatic nitrogens is 4. The molecule has 0 saturated heterocycles. The van der Waals surface area contributed by atoms with E-state index in [2.05, 4.69) is 38.8 Å². The molecule has 0 atom stereocenters. The van der Waals surface area contributed by atoms with Gasteiger partial charge in [-0.05, 0) is 60.4 Å². The predicted molar refractivity (Wildman–Crippen MR) is 159 cm³/mol. The molecule has 0 aliphatic heterocycles. The zero-order valence-electron chi connectivity index (χ0n) is 23.1. The molecule has 2 heterocycles. The van der Waals surface area contributed by atoms with E-state index in [4.69, 9.17) is 32.4 Å². The second-order valence-corrected chi connectivity index (χ2v) is 16.8. The zero-order valence-corrected chi connectivity index (χ0v) is 25.6. The van der Waals surface area contributed by atoms with Crippen LogP contribution < -0.4 is 16.0 Å². The fraction of sp³-hybridized carbons (Fsp3) is 0.393. The molecule has 0 radical (unpaired) electrons. The van der Waals surface area contributed by atoms with E-state index in [-0.39, 0.29) is 35.3 Å². The normalized spacial score (nSPS) is 12.3. The minimum atomic E-state index is -1.94. The average molecular weight is 590 g/mol. The van der Waals surface area contributed by atoms with Crippen LogP contribution in [-0.2, 0) is 24.6 Å². The van der Waals surface area contributed by atoms with E-state index < -0.39 is 19.6 Å². The third kappa shape index (κ3) is 6.32. The molecule has 2 aromatic carbocycles. The molecule has 8 nitrogen and oxygen atoms in total. The summed E-state index contributed by atoms with van der Waals surface area (Å²) in [4.78, 5) is 31.6. The minimum Gasteiger partial charge on any atom is -0.425 e. The first kappa shape index (κ1) is 29.1. The molecule has 0 aliphatic carbocycles. The van der Waals surface area contributed by atoms with Crippen molar-refractivity contribution in [2.24, 2.45) is 7.05 Å². The van der Waals surface area contributed by atoms with E-state index in [1.807, 2.05) is 12.1 Å². The summed E-state index contributed by atoms with van der Waals surface area (Å²) in [5.41, 5.74) is 0.532. The molecule has 0 aliphatic rings. The van der Waals surface area contributed by atoms with Gasteiger partial charge in [0.05, 0.1) is 6.54 Å². The van der Waals surface area contributed by atoms with Gasteiger partial charge in [-0.25, -0.2) is 4.79 Å². The minimum absolute atomic E-state index is 0.0758. The SMILES string of the molecule is Cn1c(=O)n(CCCO[Si](C)(C)C(C)(C)C)c(=O)c2c1nc(Oc1cccc(Cl)c1)n2Cc1ccc(Cl)cc1. The van der Waals surface area contributed by atoms with Gasteiger partial charge in [-0.3, -0.25) is 18.5 Å². The van der Waals surface area contributed by atoms with Crippen molar-refractivity contribution in [1.29, 1.82) is 0 Å². The maximum atomic E-state index is 13.8. The molecule has 39 heavy (non-hydrogen) atoms. The number of ether oxygens (including phenoxy) is 1. The summed E-state index contributed by atoms with van der Waals surface area (Å²) >= 11 is 12.2. The maximum absolute atomic E-state index is 13.8. The van der Waals surface area contributed by atoms with E-state index >= 15 is 0 Å². The van der Waals surface area contributed by atoms with Crippen LogP contribution in [0.25, 0.3) is 11.2 Å². The number of benzene rings is 2. The summed E-state index contributed by atoms with van der Waals surface area (Å²) < 4.78 is 16.7. The molecule has 0 fully saturated rings. The van der Waals surface area contributed by atoms with E-state index in [1.54, 1.807) is 48.0 Å². The standard InChI is InChI=1S/C28H34Cl2N4O4Si/c1-28(2,3)39(5,6)37-16-8-15-33-25(35)23-24(32(4)27(33)36)31-26(38-22-10-7-9-21(30)17-22)34(23)18-19-11-13-20(29)14-12-19/h7,9-14,17H,8,15-16,18H2,1-6H3. The number of hydrogen-bond acceptors (Lipinski definition) is 5. The van der Waals surface area contributed by atoms with Crippen LogP contribution in [0.3, 0.4) is 0 Å². The Kier molecular flexibility index (Phi) is 8.46. The van der Waals surface area contributed by atoms with Crippen molar-refractivity contribution in [3.8, 4) is 11.8 Å². The van der Waals surface area contributed by atoms with Gasteiger partial charge in [-0.15, -0.1) is 0 Å². The first-order valence-corrected chi connectivity index (χ1v) is 16.5. The third-order valence-electron chi connectivity index (χ3n) is 7.25. The Morgan fingerprint density at radius 2 is 1.67 bits per heavy atom. The highest BCUT2D eigenvalue weighted by atomic mass is 35.5. The Labute approximate surface area is 238 Å². The molecular weight excluding hydrogens is 555 g/mol. The van der Waals surface area contributed by atoms with E-state index in [0.717, 1.165) is 5.56 Å². The Morgan fingerprint density at radius 3 is 2.31 bits per heavy atom. The summed E-state index contributed by atoms with van der Waals surface area (Å²) in [7, 11) is -0.333. The van der Waals surface area contributed by atoms with Crippen LogP contribution in [0.15, 0.2) is 58.1 Å². The molecule has 4 rings (SSSR count). The van der Waals surface area contributed by atoms with Crippen molar-refractivity contribution < 1.29 is 9.16 Å².